The molecule has 2 atom stereocenters. The van der Waals surface area contributed by atoms with Gasteiger partial charge in [-0.2, -0.15) is 0 Å². The molecule has 0 bridgehead atoms. The van der Waals surface area contributed by atoms with Crippen LogP contribution in [0, 0.1) is 5.92 Å². The second kappa shape index (κ2) is 9.75. The van der Waals surface area contributed by atoms with E-state index in [0.29, 0.717) is 17.8 Å². The third-order valence-corrected chi connectivity index (χ3v) is 4.93. The number of hydrogen-bond acceptors (Lipinski definition) is 4. The average molecular weight is 364 g/mol. The monoisotopic (exact) mass is 363 g/mol. The predicted molar refractivity (Wildman–Crippen MR) is 97.5 cm³/mol. The standard InChI is InChI=1S/C15H25N3O3S.ClH/c1-4-9-22(20,21)18-13-8-6-7-12(10-13)17-15(19)14(16)11(3)5-2;/h6-8,10-11,14,18H,4-5,9,16H2,1-3H3,(H,17,19);1H. The van der Waals surface area contributed by atoms with Crippen LogP contribution in [0.5, 0.6) is 0 Å². The van der Waals surface area contributed by atoms with Crippen LogP contribution in [0.25, 0.3) is 0 Å². The molecule has 1 rings (SSSR count). The zero-order chi connectivity index (χ0) is 16.8. The van der Waals surface area contributed by atoms with Crippen LogP contribution in [0.3, 0.4) is 0 Å². The highest BCUT2D eigenvalue weighted by molar-refractivity contribution is 7.92. The summed E-state index contributed by atoms with van der Waals surface area (Å²) in [5.74, 6) is -0.142. The second-order valence-corrected chi connectivity index (χ2v) is 7.24. The maximum absolute atomic E-state index is 12.0. The van der Waals surface area contributed by atoms with E-state index in [1.165, 1.54) is 0 Å². The van der Waals surface area contributed by atoms with E-state index in [1.807, 2.05) is 13.8 Å². The number of halogens is 1. The van der Waals surface area contributed by atoms with Gasteiger partial charge in [0.1, 0.15) is 0 Å². The van der Waals surface area contributed by atoms with Crippen LogP contribution in [0.2, 0.25) is 0 Å². The highest BCUT2D eigenvalue weighted by Crippen LogP contribution is 2.17. The molecule has 0 spiro atoms. The average Bonchev–Trinajstić information content (AvgIpc) is 2.45. The van der Waals surface area contributed by atoms with Crippen molar-refractivity contribution in [2.24, 2.45) is 11.7 Å². The van der Waals surface area contributed by atoms with E-state index in [2.05, 4.69) is 10.0 Å². The summed E-state index contributed by atoms with van der Waals surface area (Å²) in [6.45, 7) is 5.69. The molecule has 0 aliphatic heterocycles. The van der Waals surface area contributed by atoms with Gasteiger partial charge in [0.2, 0.25) is 15.9 Å². The van der Waals surface area contributed by atoms with Crippen LogP contribution in [-0.2, 0) is 14.8 Å². The SMILES string of the molecule is CCCS(=O)(=O)Nc1cccc(NC(=O)C(N)C(C)CC)c1.Cl. The Hall–Kier alpha value is -1.31. The van der Waals surface area contributed by atoms with Gasteiger partial charge in [0.25, 0.3) is 0 Å². The minimum atomic E-state index is -3.35. The van der Waals surface area contributed by atoms with Crippen LogP contribution < -0.4 is 15.8 Å². The number of anilines is 2. The summed E-state index contributed by atoms with van der Waals surface area (Å²) in [7, 11) is -3.35. The lowest BCUT2D eigenvalue weighted by Gasteiger charge is -2.18. The molecule has 0 heterocycles. The number of nitrogens with one attached hydrogen (secondary N) is 2. The Morgan fingerprint density at radius 2 is 1.87 bits per heavy atom. The fourth-order valence-electron chi connectivity index (χ4n) is 1.90. The lowest BCUT2D eigenvalue weighted by Crippen LogP contribution is -2.40. The molecule has 1 aromatic carbocycles. The fraction of sp³-hybridized carbons (Fsp3) is 0.533. The Labute approximate surface area is 144 Å². The first-order chi connectivity index (χ1) is 10.3. The van der Waals surface area contributed by atoms with Crippen LogP contribution in [0.15, 0.2) is 24.3 Å². The number of rotatable bonds is 8. The summed E-state index contributed by atoms with van der Waals surface area (Å²) in [6, 6.07) is 5.99. The van der Waals surface area contributed by atoms with Crippen molar-refractivity contribution in [2.75, 3.05) is 15.8 Å². The second-order valence-electron chi connectivity index (χ2n) is 5.40. The number of carbonyl (C=O) groups is 1. The molecule has 0 saturated heterocycles. The van der Waals surface area contributed by atoms with E-state index >= 15 is 0 Å². The summed E-state index contributed by atoms with van der Waals surface area (Å²) >= 11 is 0. The highest BCUT2D eigenvalue weighted by Gasteiger charge is 2.19. The van der Waals surface area contributed by atoms with Crippen LogP contribution >= 0.6 is 12.4 Å². The number of hydrogen-bond donors (Lipinski definition) is 3. The molecular formula is C15H26ClN3O3S. The molecule has 0 aromatic heterocycles. The number of carbonyl (C=O) groups excluding carboxylic acids is 1. The molecule has 0 radical (unpaired) electrons. The lowest BCUT2D eigenvalue weighted by molar-refractivity contribution is -0.118. The van der Waals surface area contributed by atoms with Gasteiger partial charge in [-0.15, -0.1) is 12.4 Å². The molecule has 2 unspecified atom stereocenters. The zero-order valence-electron chi connectivity index (χ0n) is 13.7. The van der Waals surface area contributed by atoms with Crippen LogP contribution in [0.1, 0.15) is 33.6 Å². The van der Waals surface area contributed by atoms with E-state index in [0.717, 1.165) is 6.42 Å². The van der Waals surface area contributed by atoms with Crippen molar-refractivity contribution in [3.05, 3.63) is 24.3 Å². The summed E-state index contributed by atoms with van der Waals surface area (Å²) < 4.78 is 26.0. The van der Waals surface area contributed by atoms with Gasteiger partial charge in [0.15, 0.2) is 0 Å². The molecular weight excluding hydrogens is 338 g/mol. The highest BCUT2D eigenvalue weighted by atomic mass is 35.5. The number of benzene rings is 1. The van der Waals surface area contributed by atoms with Crippen molar-refractivity contribution < 1.29 is 13.2 Å². The normalized spacial score (nSPS) is 13.6. The lowest BCUT2D eigenvalue weighted by atomic mass is 9.99. The molecule has 6 nitrogen and oxygen atoms in total. The van der Waals surface area contributed by atoms with Crippen molar-refractivity contribution in [1.82, 2.24) is 0 Å². The summed E-state index contributed by atoms with van der Waals surface area (Å²) in [4.78, 5) is 12.0. The summed E-state index contributed by atoms with van der Waals surface area (Å²) in [5.41, 5.74) is 6.81. The van der Waals surface area contributed by atoms with Gasteiger partial charge in [-0.25, -0.2) is 8.42 Å². The van der Waals surface area contributed by atoms with Gasteiger partial charge < -0.3 is 11.1 Å². The zero-order valence-corrected chi connectivity index (χ0v) is 15.3. The van der Waals surface area contributed by atoms with E-state index in [1.54, 1.807) is 31.2 Å². The molecule has 0 saturated carbocycles. The van der Waals surface area contributed by atoms with Gasteiger partial charge in [0.05, 0.1) is 17.5 Å². The van der Waals surface area contributed by atoms with Crippen molar-refractivity contribution >= 4 is 39.7 Å². The summed E-state index contributed by atoms with van der Waals surface area (Å²) in [6.07, 6.45) is 1.35. The summed E-state index contributed by atoms with van der Waals surface area (Å²) in [5, 5.41) is 2.72. The van der Waals surface area contributed by atoms with E-state index in [-0.39, 0.29) is 30.0 Å². The van der Waals surface area contributed by atoms with E-state index < -0.39 is 16.1 Å². The smallest absolute Gasteiger partial charge is 0.241 e. The third-order valence-electron chi connectivity index (χ3n) is 3.44. The molecule has 23 heavy (non-hydrogen) atoms. The first kappa shape index (κ1) is 21.7. The molecule has 8 heteroatoms. The Kier molecular flexibility index (Phi) is 9.19. The Morgan fingerprint density at radius 1 is 1.26 bits per heavy atom. The van der Waals surface area contributed by atoms with Gasteiger partial charge in [-0.1, -0.05) is 33.3 Å². The molecule has 132 valence electrons. The Bertz CT molecular complexity index is 608. The third kappa shape index (κ3) is 7.20. The largest absolute Gasteiger partial charge is 0.325 e. The maximum Gasteiger partial charge on any atom is 0.241 e. The molecule has 1 amide bonds. The van der Waals surface area contributed by atoms with Gasteiger partial charge in [-0.3, -0.25) is 9.52 Å². The topological polar surface area (TPSA) is 101 Å². The van der Waals surface area contributed by atoms with Crippen LogP contribution in [0.4, 0.5) is 11.4 Å². The van der Waals surface area contributed by atoms with E-state index in [9.17, 15) is 13.2 Å². The Morgan fingerprint density at radius 3 is 2.43 bits per heavy atom. The fourth-order valence-corrected chi connectivity index (χ4v) is 3.02. The molecule has 0 aliphatic rings. The van der Waals surface area contributed by atoms with Gasteiger partial charge in [0, 0.05) is 5.69 Å². The Balaban J connectivity index is 0.00000484. The van der Waals surface area contributed by atoms with Gasteiger partial charge >= 0.3 is 0 Å². The van der Waals surface area contributed by atoms with Crippen molar-refractivity contribution in [2.45, 2.75) is 39.7 Å². The molecule has 1 aromatic rings. The number of amides is 1. The van der Waals surface area contributed by atoms with Crippen molar-refractivity contribution in [1.29, 1.82) is 0 Å². The molecule has 4 N–H and O–H groups in total. The van der Waals surface area contributed by atoms with Gasteiger partial charge in [-0.05, 0) is 30.5 Å². The number of nitrogens with two attached hydrogens (primary N) is 1. The van der Waals surface area contributed by atoms with E-state index in [4.69, 9.17) is 5.73 Å². The quantitative estimate of drug-likeness (QED) is 0.660. The van der Waals surface area contributed by atoms with Crippen molar-refractivity contribution in [3.63, 3.8) is 0 Å². The predicted octanol–water partition coefficient (Wildman–Crippen LogP) is 2.57. The van der Waals surface area contributed by atoms with Crippen LogP contribution in [-0.4, -0.2) is 26.1 Å². The van der Waals surface area contributed by atoms with Crippen molar-refractivity contribution in [3.8, 4) is 0 Å². The first-order valence-corrected chi connectivity index (χ1v) is 9.11. The molecule has 0 fully saturated rings. The minimum Gasteiger partial charge on any atom is -0.325 e. The number of sulfonamides is 1. The minimum absolute atomic E-state index is 0. The first-order valence-electron chi connectivity index (χ1n) is 7.46. The molecule has 0 aliphatic carbocycles. The maximum atomic E-state index is 12.0.